The Hall–Kier alpha value is -1.56. The third kappa shape index (κ3) is 4.86. The molecular formula is C11H14N2O3S. The molecular weight excluding hydrogens is 240 g/mol. The molecule has 0 radical (unpaired) electrons. The standard InChI is InChI=1S/C11H14N2O3S/c1-7(2)10(14)16-6-8(3)17-9-4-5-12-11(15)13-9/h4-5,8H,1,6H2,2-3H3,(H,12,13,15). The molecule has 0 aromatic carbocycles. The smallest absolute Gasteiger partial charge is 0.345 e. The number of carbonyl (C=O) groups excluding carboxylic acids is 1. The molecule has 0 aliphatic heterocycles. The van der Waals surface area contributed by atoms with Crippen molar-refractivity contribution < 1.29 is 9.53 Å². The van der Waals surface area contributed by atoms with Crippen molar-refractivity contribution >= 4 is 17.7 Å². The van der Waals surface area contributed by atoms with Crippen molar-refractivity contribution in [1.29, 1.82) is 0 Å². The first-order valence-electron chi connectivity index (χ1n) is 5.03. The van der Waals surface area contributed by atoms with Gasteiger partial charge in [-0.3, -0.25) is 0 Å². The molecule has 0 aliphatic rings. The van der Waals surface area contributed by atoms with Gasteiger partial charge in [0.2, 0.25) is 0 Å². The van der Waals surface area contributed by atoms with Crippen LogP contribution in [0, 0.1) is 0 Å². The number of thioether (sulfide) groups is 1. The number of rotatable bonds is 5. The van der Waals surface area contributed by atoms with Crippen molar-refractivity contribution in [3.8, 4) is 0 Å². The molecule has 0 saturated heterocycles. The molecule has 0 bridgehead atoms. The molecule has 6 heteroatoms. The molecule has 0 saturated carbocycles. The molecule has 1 aromatic heterocycles. The highest BCUT2D eigenvalue weighted by Crippen LogP contribution is 2.19. The monoisotopic (exact) mass is 254 g/mol. The lowest BCUT2D eigenvalue weighted by Gasteiger charge is -2.11. The van der Waals surface area contributed by atoms with E-state index in [1.807, 2.05) is 6.92 Å². The van der Waals surface area contributed by atoms with E-state index in [1.165, 1.54) is 18.0 Å². The molecule has 5 nitrogen and oxygen atoms in total. The maximum atomic E-state index is 11.2. The quantitative estimate of drug-likeness (QED) is 0.372. The van der Waals surface area contributed by atoms with Crippen LogP contribution in [0.2, 0.25) is 0 Å². The van der Waals surface area contributed by atoms with E-state index in [-0.39, 0.29) is 17.5 Å². The Balaban J connectivity index is 2.45. The highest BCUT2D eigenvalue weighted by atomic mass is 32.2. The van der Waals surface area contributed by atoms with Crippen molar-refractivity contribution in [2.75, 3.05) is 6.61 Å². The van der Waals surface area contributed by atoms with Crippen molar-refractivity contribution in [1.82, 2.24) is 9.97 Å². The second kappa shape index (κ2) is 6.24. The van der Waals surface area contributed by atoms with Crippen LogP contribution in [-0.2, 0) is 9.53 Å². The number of aromatic amines is 1. The number of carbonyl (C=O) groups is 1. The summed E-state index contributed by atoms with van der Waals surface area (Å²) in [7, 11) is 0. The van der Waals surface area contributed by atoms with Gasteiger partial charge in [0, 0.05) is 17.0 Å². The van der Waals surface area contributed by atoms with Crippen molar-refractivity contribution in [2.45, 2.75) is 24.1 Å². The maximum absolute atomic E-state index is 11.2. The number of H-pyrrole nitrogens is 1. The largest absolute Gasteiger partial charge is 0.461 e. The third-order valence-electron chi connectivity index (χ3n) is 1.77. The number of aromatic nitrogens is 2. The van der Waals surface area contributed by atoms with Crippen LogP contribution in [0.4, 0.5) is 0 Å². The van der Waals surface area contributed by atoms with Gasteiger partial charge in [0.1, 0.15) is 6.61 Å². The number of nitrogens with zero attached hydrogens (tertiary/aromatic N) is 1. The molecule has 1 unspecified atom stereocenters. The van der Waals surface area contributed by atoms with E-state index < -0.39 is 5.97 Å². The third-order valence-corrected chi connectivity index (χ3v) is 2.80. The lowest BCUT2D eigenvalue weighted by atomic mass is 10.4. The van der Waals surface area contributed by atoms with Gasteiger partial charge in [-0.1, -0.05) is 6.58 Å². The molecule has 0 fully saturated rings. The molecule has 0 spiro atoms. The van der Waals surface area contributed by atoms with Gasteiger partial charge in [-0.15, -0.1) is 11.8 Å². The van der Waals surface area contributed by atoms with E-state index in [0.717, 1.165) is 0 Å². The Morgan fingerprint density at radius 2 is 2.41 bits per heavy atom. The second-order valence-corrected chi connectivity index (χ2v) is 5.03. The first-order chi connectivity index (χ1) is 7.99. The molecule has 1 heterocycles. The normalized spacial score (nSPS) is 11.9. The summed E-state index contributed by atoms with van der Waals surface area (Å²) < 4.78 is 5.00. The van der Waals surface area contributed by atoms with Crippen molar-refractivity contribution in [3.05, 3.63) is 34.9 Å². The van der Waals surface area contributed by atoms with Crippen LogP contribution in [0.3, 0.4) is 0 Å². The van der Waals surface area contributed by atoms with Gasteiger partial charge in [0.05, 0.1) is 5.03 Å². The topological polar surface area (TPSA) is 72.0 Å². The first-order valence-corrected chi connectivity index (χ1v) is 5.91. The van der Waals surface area contributed by atoms with Crippen LogP contribution in [0.1, 0.15) is 13.8 Å². The predicted molar refractivity (Wildman–Crippen MR) is 65.9 cm³/mol. The Labute approximate surface area is 103 Å². The zero-order valence-electron chi connectivity index (χ0n) is 9.73. The summed E-state index contributed by atoms with van der Waals surface area (Å²) >= 11 is 1.41. The molecule has 1 atom stereocenters. The minimum atomic E-state index is -0.402. The maximum Gasteiger partial charge on any atom is 0.345 e. The molecule has 0 amide bonds. The zero-order valence-corrected chi connectivity index (χ0v) is 10.5. The van der Waals surface area contributed by atoms with E-state index in [9.17, 15) is 9.59 Å². The molecule has 1 aromatic rings. The van der Waals surface area contributed by atoms with E-state index >= 15 is 0 Å². The fourth-order valence-electron chi connectivity index (χ4n) is 0.988. The summed E-state index contributed by atoms with van der Waals surface area (Å²) in [6, 6.07) is 1.70. The molecule has 92 valence electrons. The molecule has 1 rings (SSSR count). The summed E-state index contributed by atoms with van der Waals surface area (Å²) in [5.74, 6) is -0.402. The van der Waals surface area contributed by atoms with E-state index in [4.69, 9.17) is 4.74 Å². The highest BCUT2D eigenvalue weighted by Gasteiger charge is 2.09. The predicted octanol–water partition coefficient (Wildman–Crippen LogP) is 1.37. The zero-order chi connectivity index (χ0) is 12.8. The van der Waals surface area contributed by atoms with Gasteiger partial charge in [0.15, 0.2) is 0 Å². The molecule has 1 N–H and O–H groups in total. The number of nitrogens with one attached hydrogen (secondary N) is 1. The molecule has 17 heavy (non-hydrogen) atoms. The van der Waals surface area contributed by atoms with Gasteiger partial charge >= 0.3 is 11.7 Å². The summed E-state index contributed by atoms with van der Waals surface area (Å²) in [6.07, 6.45) is 1.44. The van der Waals surface area contributed by atoms with Crippen LogP contribution < -0.4 is 5.69 Å². The second-order valence-electron chi connectivity index (χ2n) is 3.55. The number of esters is 1. The minimum Gasteiger partial charge on any atom is -0.461 e. The molecule has 0 aliphatic carbocycles. The van der Waals surface area contributed by atoms with Gasteiger partial charge in [-0.2, -0.15) is 0 Å². The van der Waals surface area contributed by atoms with Crippen LogP contribution in [-0.4, -0.2) is 27.8 Å². The van der Waals surface area contributed by atoms with Crippen LogP contribution in [0.5, 0.6) is 0 Å². The van der Waals surface area contributed by atoms with E-state index in [1.54, 1.807) is 13.0 Å². The van der Waals surface area contributed by atoms with Gasteiger partial charge in [0.25, 0.3) is 0 Å². The average Bonchev–Trinajstić information content (AvgIpc) is 2.25. The first kappa shape index (κ1) is 13.5. The van der Waals surface area contributed by atoms with Crippen molar-refractivity contribution in [3.63, 3.8) is 0 Å². The Bertz CT molecular complexity index is 470. The van der Waals surface area contributed by atoms with Gasteiger partial charge in [-0.25, -0.2) is 14.6 Å². The van der Waals surface area contributed by atoms with Gasteiger partial charge in [-0.05, 0) is 19.9 Å². The lowest BCUT2D eigenvalue weighted by molar-refractivity contribution is -0.138. The number of ether oxygens (including phenoxy) is 1. The fourth-order valence-corrected chi connectivity index (χ4v) is 1.84. The average molecular weight is 254 g/mol. The Kier molecular flexibility index (Phi) is 4.96. The number of hydrogen-bond acceptors (Lipinski definition) is 5. The Morgan fingerprint density at radius 1 is 1.71 bits per heavy atom. The highest BCUT2D eigenvalue weighted by molar-refractivity contribution is 7.99. The lowest BCUT2D eigenvalue weighted by Crippen LogP contribution is -2.15. The summed E-state index contributed by atoms with van der Waals surface area (Å²) in [4.78, 5) is 28.2. The SMILES string of the molecule is C=C(C)C(=O)OCC(C)Sc1ccnc(=O)[nH]1. The van der Waals surface area contributed by atoms with Gasteiger partial charge < -0.3 is 9.72 Å². The summed E-state index contributed by atoms with van der Waals surface area (Å²) in [6.45, 7) is 7.25. The minimum absolute atomic E-state index is 0.0383. The Morgan fingerprint density at radius 3 is 3.00 bits per heavy atom. The van der Waals surface area contributed by atoms with E-state index in [0.29, 0.717) is 10.6 Å². The van der Waals surface area contributed by atoms with Crippen LogP contribution >= 0.6 is 11.8 Å². The van der Waals surface area contributed by atoms with Crippen LogP contribution in [0.15, 0.2) is 34.2 Å². The fraction of sp³-hybridized carbons (Fsp3) is 0.364. The number of hydrogen-bond donors (Lipinski definition) is 1. The van der Waals surface area contributed by atoms with Crippen molar-refractivity contribution in [2.24, 2.45) is 0 Å². The van der Waals surface area contributed by atoms with E-state index in [2.05, 4.69) is 16.5 Å². The summed E-state index contributed by atoms with van der Waals surface area (Å²) in [5.41, 5.74) is -0.0133. The van der Waals surface area contributed by atoms with Crippen LogP contribution in [0.25, 0.3) is 0 Å². The summed E-state index contributed by atoms with van der Waals surface area (Å²) in [5, 5.41) is 0.736.